The standard InChI is InChI=1S/C27H28N4O3S/c1-34-25-15-9-8-14-24(25)29-16-18-31(19-17-29)35(32,33)26-21-30(20-22-10-4-2-5-11-22)28-27(26)23-12-6-3-7-13-23/h2-15,21H,16-20H2,1H3. The molecular weight excluding hydrogens is 460 g/mol. The Balaban J connectivity index is 1.43. The maximum Gasteiger partial charge on any atom is 0.246 e. The van der Waals surface area contributed by atoms with E-state index in [-0.39, 0.29) is 4.90 Å². The van der Waals surface area contributed by atoms with E-state index in [0.717, 1.165) is 22.6 Å². The third-order valence-electron chi connectivity index (χ3n) is 6.25. The highest BCUT2D eigenvalue weighted by molar-refractivity contribution is 7.89. The van der Waals surface area contributed by atoms with Crippen molar-refractivity contribution < 1.29 is 13.2 Å². The lowest BCUT2D eigenvalue weighted by Gasteiger charge is -2.35. The summed E-state index contributed by atoms with van der Waals surface area (Å²) in [5.41, 5.74) is 3.30. The predicted molar refractivity (Wildman–Crippen MR) is 137 cm³/mol. The lowest BCUT2D eigenvalue weighted by molar-refractivity contribution is 0.378. The first-order chi connectivity index (χ1) is 17.1. The van der Waals surface area contributed by atoms with Crippen LogP contribution in [0.15, 0.2) is 96.0 Å². The van der Waals surface area contributed by atoms with Gasteiger partial charge in [0.05, 0.1) is 19.3 Å². The van der Waals surface area contributed by atoms with E-state index in [1.807, 2.05) is 84.9 Å². The quantitative estimate of drug-likeness (QED) is 0.392. The zero-order valence-corrected chi connectivity index (χ0v) is 20.4. The van der Waals surface area contributed by atoms with Crippen LogP contribution < -0.4 is 9.64 Å². The van der Waals surface area contributed by atoms with E-state index >= 15 is 0 Å². The summed E-state index contributed by atoms with van der Waals surface area (Å²) >= 11 is 0. The van der Waals surface area contributed by atoms with Crippen LogP contribution in [-0.4, -0.2) is 55.8 Å². The average molecular weight is 489 g/mol. The molecule has 0 saturated carbocycles. The number of benzene rings is 3. The first-order valence-electron chi connectivity index (χ1n) is 11.6. The van der Waals surface area contributed by atoms with Gasteiger partial charge in [0, 0.05) is 37.9 Å². The van der Waals surface area contributed by atoms with Gasteiger partial charge in [-0.3, -0.25) is 4.68 Å². The van der Waals surface area contributed by atoms with Crippen molar-refractivity contribution in [2.45, 2.75) is 11.4 Å². The molecule has 0 radical (unpaired) electrons. The summed E-state index contributed by atoms with van der Waals surface area (Å²) in [5.74, 6) is 0.789. The highest BCUT2D eigenvalue weighted by Gasteiger charge is 2.33. The van der Waals surface area contributed by atoms with Gasteiger partial charge in [-0.05, 0) is 17.7 Å². The number of sulfonamides is 1. The highest BCUT2D eigenvalue weighted by Crippen LogP contribution is 2.32. The molecule has 7 nitrogen and oxygen atoms in total. The van der Waals surface area contributed by atoms with Gasteiger partial charge in [0.2, 0.25) is 10.0 Å². The number of ether oxygens (including phenoxy) is 1. The van der Waals surface area contributed by atoms with Crippen molar-refractivity contribution in [2.24, 2.45) is 0 Å². The molecule has 0 bridgehead atoms. The molecule has 0 amide bonds. The van der Waals surface area contributed by atoms with E-state index in [0.29, 0.717) is 38.4 Å². The summed E-state index contributed by atoms with van der Waals surface area (Å²) in [6.07, 6.45) is 1.66. The molecule has 0 spiro atoms. The van der Waals surface area contributed by atoms with Crippen molar-refractivity contribution >= 4 is 15.7 Å². The molecule has 1 aliphatic heterocycles. The van der Waals surface area contributed by atoms with Gasteiger partial charge in [0.1, 0.15) is 16.3 Å². The molecule has 0 unspecified atom stereocenters. The minimum absolute atomic E-state index is 0.241. The van der Waals surface area contributed by atoms with Gasteiger partial charge in [-0.1, -0.05) is 72.8 Å². The monoisotopic (exact) mass is 488 g/mol. The molecule has 35 heavy (non-hydrogen) atoms. The number of hydrogen-bond acceptors (Lipinski definition) is 5. The van der Waals surface area contributed by atoms with Crippen LogP contribution in [-0.2, 0) is 16.6 Å². The fourth-order valence-corrected chi connectivity index (χ4v) is 6.02. The van der Waals surface area contributed by atoms with E-state index in [1.165, 1.54) is 0 Å². The minimum atomic E-state index is -3.74. The fraction of sp³-hybridized carbons (Fsp3) is 0.222. The van der Waals surface area contributed by atoms with Crippen molar-refractivity contribution in [1.82, 2.24) is 14.1 Å². The molecule has 1 fully saturated rings. The van der Waals surface area contributed by atoms with Crippen molar-refractivity contribution in [1.29, 1.82) is 0 Å². The molecule has 0 N–H and O–H groups in total. The molecule has 1 saturated heterocycles. The van der Waals surface area contributed by atoms with E-state index in [9.17, 15) is 8.42 Å². The molecule has 180 valence electrons. The van der Waals surface area contributed by atoms with Crippen LogP contribution in [0.1, 0.15) is 5.56 Å². The maximum absolute atomic E-state index is 13.8. The second-order valence-electron chi connectivity index (χ2n) is 8.45. The Labute approximate surface area is 206 Å². The molecule has 8 heteroatoms. The summed E-state index contributed by atoms with van der Waals surface area (Å²) in [6, 6.07) is 27.2. The first-order valence-corrected chi connectivity index (χ1v) is 13.0. The van der Waals surface area contributed by atoms with Crippen LogP contribution in [0.3, 0.4) is 0 Å². The van der Waals surface area contributed by atoms with E-state index in [2.05, 4.69) is 4.90 Å². The lowest BCUT2D eigenvalue weighted by atomic mass is 10.2. The second kappa shape index (κ2) is 9.93. The van der Waals surface area contributed by atoms with Gasteiger partial charge in [0.25, 0.3) is 0 Å². The molecule has 5 rings (SSSR count). The fourth-order valence-electron chi connectivity index (χ4n) is 4.44. The average Bonchev–Trinajstić information content (AvgIpc) is 3.34. The Hall–Kier alpha value is -3.62. The number of para-hydroxylation sites is 2. The lowest BCUT2D eigenvalue weighted by Crippen LogP contribution is -2.48. The van der Waals surface area contributed by atoms with Crippen LogP contribution in [0.25, 0.3) is 11.3 Å². The van der Waals surface area contributed by atoms with Crippen LogP contribution in [0.4, 0.5) is 5.69 Å². The van der Waals surface area contributed by atoms with E-state index < -0.39 is 10.0 Å². The van der Waals surface area contributed by atoms with Crippen LogP contribution >= 0.6 is 0 Å². The highest BCUT2D eigenvalue weighted by atomic mass is 32.2. The summed E-state index contributed by atoms with van der Waals surface area (Å²) < 4.78 is 36.5. The van der Waals surface area contributed by atoms with Gasteiger partial charge < -0.3 is 9.64 Å². The Morgan fingerprint density at radius 3 is 2.14 bits per heavy atom. The summed E-state index contributed by atoms with van der Waals surface area (Å²) in [4.78, 5) is 2.41. The van der Waals surface area contributed by atoms with Gasteiger partial charge in [0.15, 0.2) is 0 Å². The Morgan fingerprint density at radius 1 is 0.829 bits per heavy atom. The zero-order chi connectivity index (χ0) is 24.3. The van der Waals surface area contributed by atoms with E-state index in [1.54, 1.807) is 22.3 Å². The van der Waals surface area contributed by atoms with Gasteiger partial charge >= 0.3 is 0 Å². The molecule has 2 heterocycles. The molecule has 3 aromatic carbocycles. The van der Waals surface area contributed by atoms with Crippen LogP contribution in [0.2, 0.25) is 0 Å². The summed E-state index contributed by atoms with van der Waals surface area (Å²) in [5, 5.41) is 4.71. The van der Waals surface area contributed by atoms with Crippen molar-refractivity contribution in [2.75, 3.05) is 38.2 Å². The third kappa shape index (κ3) is 4.80. The number of rotatable bonds is 7. The molecule has 0 atom stereocenters. The van der Waals surface area contributed by atoms with Gasteiger partial charge in [-0.2, -0.15) is 9.40 Å². The normalized spacial score (nSPS) is 14.7. The summed E-state index contributed by atoms with van der Waals surface area (Å²) in [6.45, 7) is 2.44. The second-order valence-corrected chi connectivity index (χ2v) is 10.4. The van der Waals surface area contributed by atoms with Crippen molar-refractivity contribution in [3.8, 4) is 17.0 Å². The Morgan fingerprint density at radius 2 is 1.46 bits per heavy atom. The SMILES string of the molecule is COc1ccccc1N1CCN(S(=O)(=O)c2cn(Cc3ccccc3)nc2-c2ccccc2)CC1. The smallest absolute Gasteiger partial charge is 0.246 e. The predicted octanol–water partition coefficient (Wildman–Crippen LogP) is 4.12. The molecule has 4 aromatic rings. The van der Waals surface area contributed by atoms with Crippen LogP contribution in [0, 0.1) is 0 Å². The van der Waals surface area contributed by atoms with Crippen molar-refractivity contribution in [3.05, 3.63) is 96.7 Å². The largest absolute Gasteiger partial charge is 0.495 e. The van der Waals surface area contributed by atoms with Gasteiger partial charge in [-0.15, -0.1) is 0 Å². The number of methoxy groups -OCH3 is 1. The topological polar surface area (TPSA) is 67.7 Å². The van der Waals surface area contributed by atoms with Crippen LogP contribution in [0.5, 0.6) is 5.75 Å². The molecule has 0 aliphatic carbocycles. The summed E-state index contributed by atoms with van der Waals surface area (Å²) in [7, 11) is -2.09. The third-order valence-corrected chi connectivity index (χ3v) is 8.14. The molecule has 1 aromatic heterocycles. The maximum atomic E-state index is 13.8. The van der Waals surface area contributed by atoms with Crippen molar-refractivity contribution in [3.63, 3.8) is 0 Å². The Kier molecular flexibility index (Phi) is 6.57. The zero-order valence-electron chi connectivity index (χ0n) is 19.6. The number of aromatic nitrogens is 2. The molecular formula is C27H28N4O3S. The number of anilines is 1. The number of nitrogens with zero attached hydrogens (tertiary/aromatic N) is 4. The first kappa shape index (κ1) is 23.1. The number of piperazine rings is 1. The molecule has 1 aliphatic rings. The minimum Gasteiger partial charge on any atom is -0.495 e. The number of hydrogen-bond donors (Lipinski definition) is 0. The van der Waals surface area contributed by atoms with Gasteiger partial charge in [-0.25, -0.2) is 8.42 Å². The Bertz CT molecular complexity index is 1380. The van der Waals surface area contributed by atoms with E-state index in [4.69, 9.17) is 9.84 Å².